The maximum atomic E-state index is 12.1. The summed E-state index contributed by atoms with van der Waals surface area (Å²) < 4.78 is 0.933. The van der Waals surface area contributed by atoms with E-state index in [2.05, 4.69) is 50.7 Å². The van der Waals surface area contributed by atoms with E-state index < -0.39 is 0 Å². The number of rotatable bonds is 4. The van der Waals surface area contributed by atoms with Crippen LogP contribution in [0.2, 0.25) is 0 Å². The third-order valence-corrected chi connectivity index (χ3v) is 4.37. The highest BCUT2D eigenvalue weighted by atomic mass is 79.9. The normalized spacial score (nSPS) is 11.2. The van der Waals surface area contributed by atoms with Crippen molar-refractivity contribution < 1.29 is 4.79 Å². The molecule has 124 valence electrons. The Bertz CT molecular complexity index is 885. The molecule has 3 nitrogen and oxygen atoms in total. The van der Waals surface area contributed by atoms with Crippen molar-refractivity contribution in [2.24, 2.45) is 5.10 Å². The smallest absolute Gasteiger partial charge is 0.267 e. The maximum Gasteiger partial charge on any atom is 0.271 e. The number of hydrogen-bond donors (Lipinski definition) is 1. The van der Waals surface area contributed by atoms with Crippen LogP contribution in [0.25, 0.3) is 11.1 Å². The van der Waals surface area contributed by atoms with E-state index in [9.17, 15) is 4.79 Å². The molecule has 0 unspecified atom stereocenters. The molecule has 0 aromatic heterocycles. The summed E-state index contributed by atoms with van der Waals surface area (Å²) in [4.78, 5) is 12.1. The average Bonchev–Trinajstić information content (AvgIpc) is 2.67. The van der Waals surface area contributed by atoms with Crippen LogP contribution in [0.5, 0.6) is 0 Å². The fourth-order valence-corrected chi connectivity index (χ4v) is 2.66. The zero-order chi connectivity index (χ0) is 17.6. The van der Waals surface area contributed by atoms with E-state index in [1.807, 2.05) is 49.4 Å². The van der Waals surface area contributed by atoms with Crippen LogP contribution >= 0.6 is 15.9 Å². The molecule has 0 aliphatic heterocycles. The molecule has 0 atom stereocenters. The molecule has 3 rings (SSSR count). The van der Waals surface area contributed by atoms with Gasteiger partial charge in [-0.25, -0.2) is 5.43 Å². The molecular formula is C21H17BrN2O. The first-order valence-electron chi connectivity index (χ1n) is 7.89. The molecule has 0 bridgehead atoms. The molecule has 0 spiro atoms. The van der Waals surface area contributed by atoms with E-state index in [4.69, 9.17) is 0 Å². The second kappa shape index (κ2) is 7.90. The van der Waals surface area contributed by atoms with Crippen molar-refractivity contribution in [2.75, 3.05) is 0 Å². The number of nitrogens with zero attached hydrogens (tertiary/aromatic N) is 1. The SMILES string of the molecule is C/C(=N\NC(=O)c1ccc(Br)cc1)c1ccc(-c2ccccc2)cc1. The number of carbonyl (C=O) groups excluding carboxylic acids is 1. The predicted molar refractivity (Wildman–Crippen MR) is 106 cm³/mol. The first-order chi connectivity index (χ1) is 12.1. The van der Waals surface area contributed by atoms with Gasteiger partial charge in [0, 0.05) is 10.0 Å². The van der Waals surface area contributed by atoms with Gasteiger partial charge in [-0.1, -0.05) is 70.5 Å². The van der Waals surface area contributed by atoms with E-state index in [-0.39, 0.29) is 5.91 Å². The number of hydrazone groups is 1. The van der Waals surface area contributed by atoms with Gasteiger partial charge in [0.2, 0.25) is 0 Å². The zero-order valence-corrected chi connectivity index (χ0v) is 15.3. The Labute approximate surface area is 155 Å². The highest BCUT2D eigenvalue weighted by Gasteiger charge is 2.05. The average molecular weight is 393 g/mol. The number of carbonyl (C=O) groups is 1. The predicted octanol–water partition coefficient (Wildman–Crippen LogP) is 5.27. The number of benzene rings is 3. The van der Waals surface area contributed by atoms with Gasteiger partial charge >= 0.3 is 0 Å². The van der Waals surface area contributed by atoms with Gasteiger partial charge in [-0.15, -0.1) is 0 Å². The molecule has 1 N–H and O–H groups in total. The third kappa shape index (κ3) is 4.43. The molecule has 0 saturated carbocycles. The summed E-state index contributed by atoms with van der Waals surface area (Å²) in [5.41, 5.74) is 7.21. The third-order valence-electron chi connectivity index (χ3n) is 3.84. The molecule has 0 aliphatic rings. The van der Waals surface area contributed by atoms with Crippen LogP contribution in [0, 0.1) is 0 Å². The van der Waals surface area contributed by atoms with Gasteiger partial charge in [-0.2, -0.15) is 5.10 Å². The van der Waals surface area contributed by atoms with Crippen LogP contribution in [-0.2, 0) is 0 Å². The first kappa shape index (κ1) is 17.1. The Kier molecular flexibility index (Phi) is 5.41. The van der Waals surface area contributed by atoms with Crippen LogP contribution < -0.4 is 5.43 Å². The zero-order valence-electron chi connectivity index (χ0n) is 13.7. The van der Waals surface area contributed by atoms with Crippen molar-refractivity contribution >= 4 is 27.5 Å². The molecule has 3 aromatic rings. The van der Waals surface area contributed by atoms with Gasteiger partial charge in [0.05, 0.1) is 5.71 Å². The monoisotopic (exact) mass is 392 g/mol. The highest BCUT2D eigenvalue weighted by Crippen LogP contribution is 2.19. The summed E-state index contributed by atoms with van der Waals surface area (Å²) in [6.07, 6.45) is 0. The lowest BCUT2D eigenvalue weighted by molar-refractivity contribution is 0.0955. The molecule has 4 heteroatoms. The molecule has 1 amide bonds. The van der Waals surface area contributed by atoms with Crippen molar-refractivity contribution in [3.8, 4) is 11.1 Å². The Morgan fingerprint density at radius 1 is 0.800 bits per heavy atom. The summed E-state index contributed by atoms with van der Waals surface area (Å²) in [5, 5.41) is 4.20. The van der Waals surface area contributed by atoms with E-state index >= 15 is 0 Å². The lowest BCUT2D eigenvalue weighted by Gasteiger charge is -2.05. The van der Waals surface area contributed by atoms with Crippen LogP contribution in [0.15, 0.2) is 88.4 Å². The minimum atomic E-state index is -0.229. The first-order valence-corrected chi connectivity index (χ1v) is 8.69. The van der Waals surface area contributed by atoms with Crippen molar-refractivity contribution in [2.45, 2.75) is 6.92 Å². The Morgan fingerprint density at radius 2 is 1.36 bits per heavy atom. The van der Waals surface area contributed by atoms with Gasteiger partial charge in [-0.05, 0) is 47.9 Å². The van der Waals surface area contributed by atoms with Crippen LogP contribution in [0.1, 0.15) is 22.8 Å². The van der Waals surface area contributed by atoms with E-state index in [0.717, 1.165) is 21.3 Å². The Morgan fingerprint density at radius 3 is 2.00 bits per heavy atom. The van der Waals surface area contributed by atoms with E-state index in [1.165, 1.54) is 5.56 Å². The van der Waals surface area contributed by atoms with E-state index in [1.54, 1.807) is 12.1 Å². The largest absolute Gasteiger partial charge is 0.271 e. The van der Waals surface area contributed by atoms with Crippen molar-refractivity contribution in [1.82, 2.24) is 5.43 Å². The maximum absolute atomic E-state index is 12.1. The fourth-order valence-electron chi connectivity index (χ4n) is 2.40. The quantitative estimate of drug-likeness (QED) is 0.476. The summed E-state index contributed by atoms with van der Waals surface area (Å²) in [5.74, 6) is -0.229. The van der Waals surface area contributed by atoms with Gasteiger partial charge < -0.3 is 0 Å². The molecular weight excluding hydrogens is 376 g/mol. The highest BCUT2D eigenvalue weighted by molar-refractivity contribution is 9.10. The van der Waals surface area contributed by atoms with Gasteiger partial charge in [0.1, 0.15) is 0 Å². The summed E-state index contributed by atoms with van der Waals surface area (Å²) in [6.45, 7) is 1.87. The number of halogens is 1. The van der Waals surface area contributed by atoms with Gasteiger partial charge in [0.25, 0.3) is 5.91 Å². The minimum absolute atomic E-state index is 0.229. The molecule has 0 aliphatic carbocycles. The molecule has 3 aromatic carbocycles. The van der Waals surface area contributed by atoms with Crippen molar-refractivity contribution in [1.29, 1.82) is 0 Å². The molecule has 0 saturated heterocycles. The van der Waals surface area contributed by atoms with Crippen LogP contribution in [0.4, 0.5) is 0 Å². The topological polar surface area (TPSA) is 41.5 Å². The molecule has 25 heavy (non-hydrogen) atoms. The number of nitrogens with one attached hydrogen (secondary N) is 1. The van der Waals surface area contributed by atoms with Gasteiger partial charge in [0.15, 0.2) is 0 Å². The summed E-state index contributed by atoms with van der Waals surface area (Å²) in [6, 6.07) is 25.5. The molecule has 0 fully saturated rings. The lowest BCUT2D eigenvalue weighted by Crippen LogP contribution is -2.19. The second-order valence-electron chi connectivity index (χ2n) is 5.59. The van der Waals surface area contributed by atoms with E-state index in [0.29, 0.717) is 5.56 Å². The minimum Gasteiger partial charge on any atom is -0.267 e. The fraction of sp³-hybridized carbons (Fsp3) is 0.0476. The summed E-state index contributed by atoms with van der Waals surface area (Å²) >= 11 is 3.35. The van der Waals surface area contributed by atoms with Crippen LogP contribution in [0.3, 0.4) is 0 Å². The molecule has 0 radical (unpaired) electrons. The number of hydrogen-bond acceptors (Lipinski definition) is 2. The van der Waals surface area contributed by atoms with Crippen molar-refractivity contribution in [3.05, 3.63) is 94.5 Å². The Balaban J connectivity index is 1.70. The second-order valence-corrected chi connectivity index (χ2v) is 6.50. The summed E-state index contributed by atoms with van der Waals surface area (Å²) in [7, 11) is 0. The Hall–Kier alpha value is -2.72. The van der Waals surface area contributed by atoms with Crippen molar-refractivity contribution in [3.63, 3.8) is 0 Å². The standard InChI is InChI=1S/C21H17BrN2O/c1-15(23-24-21(25)19-11-13-20(22)14-12-19)16-7-9-18(10-8-16)17-5-3-2-4-6-17/h2-14H,1H3,(H,24,25)/b23-15+. The molecule has 0 heterocycles. The van der Waals surface area contributed by atoms with Gasteiger partial charge in [-0.3, -0.25) is 4.79 Å². The number of amides is 1. The lowest BCUT2D eigenvalue weighted by atomic mass is 10.0. The van der Waals surface area contributed by atoms with Crippen LogP contribution in [-0.4, -0.2) is 11.6 Å².